The Morgan fingerprint density at radius 1 is 1.00 bits per heavy atom. The van der Waals surface area contributed by atoms with Crippen LogP contribution in [0.5, 0.6) is 0 Å². The molecule has 0 bridgehead atoms. The quantitative estimate of drug-likeness (QED) is 0.205. The lowest BCUT2D eigenvalue weighted by Gasteiger charge is -2.25. The Kier molecular flexibility index (Phi) is 5.84. The Morgan fingerprint density at radius 2 is 1.76 bits per heavy atom. The Balaban J connectivity index is 1.65. The number of anilines is 3. The van der Waals surface area contributed by atoms with Crippen molar-refractivity contribution < 1.29 is 14.0 Å². The van der Waals surface area contributed by atoms with E-state index in [4.69, 9.17) is 20.6 Å². The molecule has 0 radical (unpaired) electrons. The monoisotopic (exact) mass is 475 g/mol. The van der Waals surface area contributed by atoms with Gasteiger partial charge in [-0.3, -0.25) is 10.1 Å². The normalized spacial score (nSPS) is 11.0. The molecule has 5 aromatic rings. The van der Waals surface area contributed by atoms with E-state index in [-0.39, 0.29) is 16.7 Å². The van der Waals surface area contributed by atoms with Gasteiger partial charge in [0.2, 0.25) is 5.52 Å². The van der Waals surface area contributed by atoms with Gasteiger partial charge >= 0.3 is 5.69 Å². The Bertz CT molecular complexity index is 1420. The minimum Gasteiger partial charge on any atom is -0.467 e. The van der Waals surface area contributed by atoms with E-state index in [1.54, 1.807) is 30.5 Å². The number of rotatable bonds is 8. The van der Waals surface area contributed by atoms with Crippen molar-refractivity contribution in [2.45, 2.75) is 13.1 Å². The third kappa shape index (κ3) is 4.28. The number of hydrogen-bond acceptors (Lipinski definition) is 8. The highest BCUT2D eigenvalue weighted by molar-refractivity contribution is 6.30. The zero-order chi connectivity index (χ0) is 23.5. The average Bonchev–Trinajstić information content (AvgIpc) is 3.54. The summed E-state index contributed by atoms with van der Waals surface area (Å²) in [6, 6.07) is 22.2. The molecule has 9 nitrogen and oxygen atoms in total. The van der Waals surface area contributed by atoms with Crippen molar-refractivity contribution in [2.75, 3.05) is 10.2 Å². The number of nitro benzene ring substituents is 1. The van der Waals surface area contributed by atoms with Crippen LogP contribution < -0.4 is 10.2 Å². The van der Waals surface area contributed by atoms with Crippen LogP contribution in [-0.2, 0) is 13.1 Å². The second-order valence-corrected chi connectivity index (χ2v) is 7.93. The van der Waals surface area contributed by atoms with Crippen LogP contribution in [0.25, 0.3) is 11.0 Å². The van der Waals surface area contributed by atoms with Crippen molar-refractivity contribution in [2.24, 2.45) is 0 Å². The first-order valence-electron chi connectivity index (χ1n) is 10.4. The summed E-state index contributed by atoms with van der Waals surface area (Å²) in [4.78, 5) is 13.4. The van der Waals surface area contributed by atoms with Crippen LogP contribution in [0.15, 0.2) is 88.1 Å². The molecule has 0 spiro atoms. The van der Waals surface area contributed by atoms with E-state index in [1.165, 1.54) is 0 Å². The van der Waals surface area contributed by atoms with Crippen molar-refractivity contribution >= 4 is 45.4 Å². The summed E-state index contributed by atoms with van der Waals surface area (Å²) in [7, 11) is 0. The molecule has 0 aliphatic heterocycles. The summed E-state index contributed by atoms with van der Waals surface area (Å²) < 4.78 is 10.5. The number of aromatic nitrogens is 2. The maximum Gasteiger partial charge on any atom is 0.323 e. The van der Waals surface area contributed by atoms with E-state index in [2.05, 4.69) is 15.6 Å². The van der Waals surface area contributed by atoms with E-state index < -0.39 is 4.92 Å². The van der Waals surface area contributed by atoms with Crippen molar-refractivity contribution in [3.05, 3.63) is 106 Å². The van der Waals surface area contributed by atoms with Gasteiger partial charge in [0.1, 0.15) is 11.4 Å². The summed E-state index contributed by atoms with van der Waals surface area (Å²) in [5, 5.41) is 23.6. The molecule has 10 heteroatoms. The van der Waals surface area contributed by atoms with Crippen molar-refractivity contribution in [3.8, 4) is 0 Å². The van der Waals surface area contributed by atoms with Crippen LogP contribution in [0.1, 0.15) is 11.3 Å². The molecule has 0 aliphatic carbocycles. The highest BCUT2D eigenvalue weighted by Crippen LogP contribution is 2.41. The minimum absolute atomic E-state index is 0.0523. The van der Waals surface area contributed by atoms with Gasteiger partial charge in [-0.05, 0) is 58.3 Å². The summed E-state index contributed by atoms with van der Waals surface area (Å²) in [5.74, 6) is 0.691. The molecule has 0 amide bonds. The third-order valence-corrected chi connectivity index (χ3v) is 5.58. The zero-order valence-corrected chi connectivity index (χ0v) is 18.5. The molecule has 0 atom stereocenters. The van der Waals surface area contributed by atoms with Gasteiger partial charge in [-0.15, -0.1) is 0 Å². The first kappa shape index (κ1) is 21.5. The van der Waals surface area contributed by atoms with Crippen LogP contribution in [0.2, 0.25) is 5.02 Å². The summed E-state index contributed by atoms with van der Waals surface area (Å²) in [6.45, 7) is 0.726. The SMILES string of the molecule is O=[N+]([O-])c1c(NCc2ccccc2)cc(N(Cc2ccco2)c2ccc(Cl)cc2)c2nonc12. The number of nitrogens with zero attached hydrogens (tertiary/aromatic N) is 4. The second-order valence-electron chi connectivity index (χ2n) is 7.49. The largest absolute Gasteiger partial charge is 0.467 e. The number of nitrogens with one attached hydrogen (secondary N) is 1. The number of fused-ring (bicyclic) bond motifs is 1. The molecule has 3 aromatic carbocycles. The molecule has 1 N–H and O–H groups in total. The third-order valence-electron chi connectivity index (χ3n) is 5.32. The van der Waals surface area contributed by atoms with Gasteiger partial charge in [-0.1, -0.05) is 41.9 Å². The Hall–Kier alpha value is -4.37. The number of hydrogen-bond donors (Lipinski definition) is 1. The van der Waals surface area contributed by atoms with Crippen LogP contribution in [0.3, 0.4) is 0 Å². The van der Waals surface area contributed by atoms with Crippen LogP contribution >= 0.6 is 11.6 Å². The molecule has 0 fully saturated rings. The van der Waals surface area contributed by atoms with Crippen LogP contribution in [-0.4, -0.2) is 15.2 Å². The molecule has 0 saturated heterocycles. The first-order chi connectivity index (χ1) is 16.6. The van der Waals surface area contributed by atoms with Crippen molar-refractivity contribution in [1.82, 2.24) is 10.3 Å². The molecular weight excluding hydrogens is 458 g/mol. The first-order valence-corrected chi connectivity index (χ1v) is 10.7. The van der Waals surface area contributed by atoms with E-state index in [9.17, 15) is 10.1 Å². The van der Waals surface area contributed by atoms with Gasteiger partial charge in [0.25, 0.3) is 0 Å². The molecule has 2 aromatic heterocycles. The Morgan fingerprint density at radius 3 is 2.47 bits per heavy atom. The fourth-order valence-corrected chi connectivity index (χ4v) is 3.85. The highest BCUT2D eigenvalue weighted by Gasteiger charge is 2.28. The van der Waals surface area contributed by atoms with Gasteiger partial charge in [0.05, 0.1) is 23.4 Å². The molecular formula is C24H18ClN5O4. The fraction of sp³-hybridized carbons (Fsp3) is 0.0833. The molecule has 170 valence electrons. The van der Waals surface area contributed by atoms with Crippen LogP contribution in [0.4, 0.5) is 22.7 Å². The maximum atomic E-state index is 12.0. The minimum atomic E-state index is -0.483. The lowest BCUT2D eigenvalue weighted by Crippen LogP contribution is -2.17. The van der Waals surface area contributed by atoms with Crippen LogP contribution in [0, 0.1) is 10.1 Å². The van der Waals surface area contributed by atoms with Gasteiger partial charge in [0, 0.05) is 17.3 Å². The van der Waals surface area contributed by atoms with Gasteiger partial charge in [-0.25, -0.2) is 4.63 Å². The number of halogens is 1. The molecule has 0 unspecified atom stereocenters. The number of nitro groups is 1. The summed E-state index contributed by atoms with van der Waals surface area (Å²) in [6.07, 6.45) is 1.59. The summed E-state index contributed by atoms with van der Waals surface area (Å²) >= 11 is 6.10. The van der Waals surface area contributed by atoms with Gasteiger partial charge in [0.15, 0.2) is 5.52 Å². The fourth-order valence-electron chi connectivity index (χ4n) is 3.73. The molecule has 0 saturated carbocycles. The lowest BCUT2D eigenvalue weighted by molar-refractivity contribution is -0.382. The van der Waals surface area contributed by atoms with Gasteiger partial charge < -0.3 is 14.6 Å². The molecule has 0 aliphatic rings. The van der Waals surface area contributed by atoms with E-state index in [0.717, 1.165) is 11.3 Å². The highest BCUT2D eigenvalue weighted by atomic mass is 35.5. The second kappa shape index (κ2) is 9.24. The zero-order valence-electron chi connectivity index (χ0n) is 17.7. The smallest absolute Gasteiger partial charge is 0.323 e. The predicted molar refractivity (Wildman–Crippen MR) is 128 cm³/mol. The number of benzene rings is 3. The predicted octanol–water partition coefficient (Wildman–Crippen LogP) is 6.33. The van der Waals surface area contributed by atoms with E-state index in [0.29, 0.717) is 35.2 Å². The van der Waals surface area contributed by atoms with E-state index >= 15 is 0 Å². The van der Waals surface area contributed by atoms with Gasteiger partial charge in [-0.2, -0.15) is 0 Å². The molecule has 5 rings (SSSR count). The van der Waals surface area contributed by atoms with Crippen molar-refractivity contribution in [3.63, 3.8) is 0 Å². The molecule has 34 heavy (non-hydrogen) atoms. The number of furan rings is 1. The molecule has 2 heterocycles. The maximum absolute atomic E-state index is 12.0. The lowest BCUT2D eigenvalue weighted by atomic mass is 10.1. The topological polar surface area (TPSA) is 110 Å². The van der Waals surface area contributed by atoms with E-state index in [1.807, 2.05) is 53.4 Å². The summed E-state index contributed by atoms with van der Waals surface area (Å²) in [5.41, 5.74) is 2.73. The standard InChI is InChI=1S/C24H18ClN5O4/c25-17-8-10-18(11-9-17)29(15-19-7-4-12-33-19)21-13-20(26-14-16-5-2-1-3-6-16)24(30(31)32)23-22(21)27-34-28-23/h1-13,26H,14-15H2. The Labute approximate surface area is 198 Å². The average molecular weight is 476 g/mol. The van der Waals surface area contributed by atoms with Crippen molar-refractivity contribution in [1.29, 1.82) is 0 Å².